The number of carbonyl (C=O) groups is 4. The van der Waals surface area contributed by atoms with Gasteiger partial charge in [0.2, 0.25) is 5.91 Å². The minimum Gasteiger partial charge on any atom is -0.497 e. The first kappa shape index (κ1) is 28.5. The molecule has 0 saturated carbocycles. The lowest BCUT2D eigenvalue weighted by atomic mass is 10.1. The summed E-state index contributed by atoms with van der Waals surface area (Å²) in [6.45, 7) is -0.498. The molecule has 4 rings (SSSR count). The van der Waals surface area contributed by atoms with Gasteiger partial charge in [0, 0.05) is 30.2 Å². The summed E-state index contributed by atoms with van der Waals surface area (Å²) in [5.74, 6) is -1.41. The molecule has 2 N–H and O–H groups in total. The van der Waals surface area contributed by atoms with Crippen LogP contribution in [0.3, 0.4) is 0 Å². The lowest BCUT2D eigenvalue weighted by Gasteiger charge is -2.21. The molecule has 0 atom stereocenters. The lowest BCUT2D eigenvalue weighted by molar-refractivity contribution is -0.137. The van der Waals surface area contributed by atoms with Gasteiger partial charge >= 0.3 is 11.9 Å². The maximum absolute atomic E-state index is 13.2. The predicted molar refractivity (Wildman–Crippen MR) is 150 cm³/mol. The molecule has 0 spiro atoms. The van der Waals surface area contributed by atoms with Crippen LogP contribution in [-0.2, 0) is 22.6 Å². The SMILES string of the molecule is COc1ccc(CC(=O)Nc2ccc(C(=O)N(CC(=O)O)Cc3ccc(OC(=O)c4ccncc4)cc3)cc2)cc1. The van der Waals surface area contributed by atoms with Crippen LogP contribution in [0.5, 0.6) is 11.5 Å². The number of methoxy groups -OCH3 is 1. The van der Waals surface area contributed by atoms with E-state index in [-0.39, 0.29) is 24.4 Å². The van der Waals surface area contributed by atoms with Crippen molar-refractivity contribution in [2.45, 2.75) is 13.0 Å². The zero-order valence-electron chi connectivity index (χ0n) is 22.2. The van der Waals surface area contributed by atoms with Crippen molar-refractivity contribution in [2.24, 2.45) is 0 Å². The number of benzene rings is 3. The summed E-state index contributed by atoms with van der Waals surface area (Å²) in [5.41, 5.74) is 2.58. The number of esters is 1. The first-order valence-electron chi connectivity index (χ1n) is 12.6. The highest BCUT2D eigenvalue weighted by Gasteiger charge is 2.19. The molecule has 4 aromatic rings. The molecular weight excluding hydrogens is 526 g/mol. The molecule has 2 amide bonds. The van der Waals surface area contributed by atoms with Gasteiger partial charge in [-0.2, -0.15) is 0 Å². The zero-order valence-corrected chi connectivity index (χ0v) is 22.2. The van der Waals surface area contributed by atoms with Gasteiger partial charge in [0.15, 0.2) is 0 Å². The second kappa shape index (κ2) is 13.5. The van der Waals surface area contributed by atoms with Gasteiger partial charge in [0.05, 0.1) is 19.1 Å². The van der Waals surface area contributed by atoms with E-state index in [1.165, 1.54) is 41.6 Å². The maximum Gasteiger partial charge on any atom is 0.343 e. The number of amides is 2. The molecule has 1 heterocycles. The molecular formula is C31H27N3O7. The summed E-state index contributed by atoms with van der Waals surface area (Å²) < 4.78 is 10.5. The largest absolute Gasteiger partial charge is 0.497 e. The molecule has 0 radical (unpaired) electrons. The van der Waals surface area contributed by atoms with Crippen molar-refractivity contribution in [2.75, 3.05) is 19.0 Å². The fourth-order valence-corrected chi connectivity index (χ4v) is 3.91. The van der Waals surface area contributed by atoms with E-state index in [2.05, 4.69) is 10.3 Å². The van der Waals surface area contributed by atoms with Gasteiger partial charge in [-0.15, -0.1) is 0 Å². The van der Waals surface area contributed by atoms with Crippen LogP contribution in [0.2, 0.25) is 0 Å². The number of aromatic nitrogens is 1. The predicted octanol–water partition coefficient (Wildman–Crippen LogP) is 4.22. The summed E-state index contributed by atoms with van der Waals surface area (Å²) in [6, 6.07) is 22.9. The molecule has 0 unspecified atom stereocenters. The minimum atomic E-state index is -1.16. The number of hydrogen-bond acceptors (Lipinski definition) is 7. The van der Waals surface area contributed by atoms with E-state index in [0.29, 0.717) is 28.3 Å². The monoisotopic (exact) mass is 553 g/mol. The molecule has 0 aliphatic carbocycles. The van der Waals surface area contributed by atoms with Crippen molar-refractivity contribution < 1.29 is 33.8 Å². The number of carboxylic acids is 1. The Morgan fingerprint density at radius 2 is 1.39 bits per heavy atom. The first-order valence-corrected chi connectivity index (χ1v) is 12.6. The van der Waals surface area contributed by atoms with Crippen molar-refractivity contribution in [1.29, 1.82) is 0 Å². The van der Waals surface area contributed by atoms with E-state index in [9.17, 15) is 24.3 Å². The summed E-state index contributed by atoms with van der Waals surface area (Å²) in [5, 5.41) is 12.2. The number of ether oxygens (including phenoxy) is 2. The summed E-state index contributed by atoms with van der Waals surface area (Å²) in [4.78, 5) is 54.4. The Morgan fingerprint density at radius 3 is 2.00 bits per heavy atom. The third-order valence-electron chi connectivity index (χ3n) is 5.98. The van der Waals surface area contributed by atoms with Crippen molar-refractivity contribution in [3.8, 4) is 11.5 Å². The van der Waals surface area contributed by atoms with Crippen molar-refractivity contribution in [1.82, 2.24) is 9.88 Å². The molecule has 0 bridgehead atoms. The van der Waals surface area contributed by atoms with Crippen molar-refractivity contribution >= 4 is 29.4 Å². The smallest absolute Gasteiger partial charge is 0.343 e. The van der Waals surface area contributed by atoms with E-state index in [0.717, 1.165) is 5.56 Å². The highest BCUT2D eigenvalue weighted by atomic mass is 16.5. The van der Waals surface area contributed by atoms with Crippen molar-refractivity contribution in [3.05, 3.63) is 120 Å². The summed E-state index contributed by atoms with van der Waals surface area (Å²) in [7, 11) is 1.57. The maximum atomic E-state index is 13.2. The number of anilines is 1. The van der Waals surface area contributed by atoms with Gasteiger partial charge in [-0.3, -0.25) is 19.4 Å². The zero-order chi connectivity index (χ0) is 29.2. The molecule has 10 nitrogen and oxygen atoms in total. The highest BCUT2D eigenvalue weighted by molar-refractivity contribution is 5.97. The third kappa shape index (κ3) is 8.24. The number of nitrogens with zero attached hydrogens (tertiary/aromatic N) is 2. The van der Waals surface area contributed by atoms with Gasteiger partial charge < -0.3 is 24.8 Å². The van der Waals surface area contributed by atoms with Crippen molar-refractivity contribution in [3.63, 3.8) is 0 Å². The molecule has 10 heteroatoms. The number of carbonyl (C=O) groups excluding carboxylic acids is 3. The number of hydrogen-bond donors (Lipinski definition) is 2. The van der Waals surface area contributed by atoms with E-state index < -0.39 is 24.4 Å². The molecule has 0 aliphatic rings. The Labute approximate surface area is 236 Å². The van der Waals surface area contributed by atoms with Crippen LogP contribution < -0.4 is 14.8 Å². The molecule has 41 heavy (non-hydrogen) atoms. The number of rotatable bonds is 11. The topological polar surface area (TPSA) is 135 Å². The van der Waals surface area contributed by atoms with Crippen LogP contribution in [0.25, 0.3) is 0 Å². The van der Waals surface area contributed by atoms with E-state index in [1.54, 1.807) is 67.8 Å². The second-order valence-corrected chi connectivity index (χ2v) is 8.97. The Bertz CT molecular complexity index is 1500. The highest BCUT2D eigenvalue weighted by Crippen LogP contribution is 2.18. The average molecular weight is 554 g/mol. The molecule has 208 valence electrons. The first-order chi connectivity index (χ1) is 19.8. The van der Waals surface area contributed by atoms with Gasteiger partial charge in [0.25, 0.3) is 5.91 Å². The molecule has 0 saturated heterocycles. The Hall–Kier alpha value is -5.51. The Balaban J connectivity index is 1.37. The van der Waals surface area contributed by atoms with Gasteiger partial charge in [-0.25, -0.2) is 4.79 Å². The lowest BCUT2D eigenvalue weighted by Crippen LogP contribution is -2.35. The normalized spacial score (nSPS) is 10.4. The fourth-order valence-electron chi connectivity index (χ4n) is 3.91. The molecule has 0 aliphatic heterocycles. The van der Waals surface area contributed by atoms with E-state index >= 15 is 0 Å². The number of pyridine rings is 1. The quantitative estimate of drug-likeness (QED) is 0.208. The fraction of sp³-hybridized carbons (Fsp3) is 0.129. The number of aliphatic carboxylic acids is 1. The van der Waals surface area contributed by atoms with Crippen LogP contribution in [-0.4, -0.2) is 52.4 Å². The average Bonchev–Trinajstić information content (AvgIpc) is 2.98. The minimum absolute atomic E-state index is 0.0179. The van der Waals surface area contributed by atoms with Crippen LogP contribution in [0.4, 0.5) is 5.69 Å². The van der Waals surface area contributed by atoms with Gasteiger partial charge in [0.1, 0.15) is 18.0 Å². The van der Waals surface area contributed by atoms with E-state index in [4.69, 9.17) is 9.47 Å². The van der Waals surface area contributed by atoms with E-state index in [1.807, 2.05) is 0 Å². The summed E-state index contributed by atoms with van der Waals surface area (Å²) in [6.07, 6.45) is 3.14. The molecule has 3 aromatic carbocycles. The number of carboxylic acid groups (broad SMARTS) is 1. The molecule has 0 fully saturated rings. The van der Waals surface area contributed by atoms with Crippen LogP contribution in [0.1, 0.15) is 31.8 Å². The standard InChI is InChI=1S/C31H27N3O7/c1-40-26-10-2-21(3-11-26)18-28(35)33-25-8-6-23(7-9-25)30(38)34(20-29(36)37)19-22-4-12-27(13-5-22)41-31(39)24-14-16-32-17-15-24/h2-17H,18-20H2,1H3,(H,33,35)(H,36,37). The van der Waals surface area contributed by atoms with Gasteiger partial charge in [-0.05, 0) is 71.8 Å². The second-order valence-electron chi connectivity index (χ2n) is 8.97. The third-order valence-corrected chi connectivity index (χ3v) is 5.98. The number of nitrogens with one attached hydrogen (secondary N) is 1. The Kier molecular flexibility index (Phi) is 9.40. The Morgan fingerprint density at radius 1 is 0.780 bits per heavy atom. The van der Waals surface area contributed by atoms with Crippen LogP contribution in [0, 0.1) is 0 Å². The van der Waals surface area contributed by atoms with Gasteiger partial charge in [-0.1, -0.05) is 24.3 Å². The van der Waals surface area contributed by atoms with Crippen LogP contribution >= 0.6 is 0 Å². The molecule has 1 aromatic heterocycles. The van der Waals surface area contributed by atoms with Crippen LogP contribution in [0.15, 0.2) is 97.3 Å². The summed E-state index contributed by atoms with van der Waals surface area (Å²) >= 11 is 0.